The monoisotopic (exact) mass is 234 g/mol. The van der Waals surface area contributed by atoms with Gasteiger partial charge in [0.2, 0.25) is 0 Å². The number of rotatable bonds is 4. The van der Waals surface area contributed by atoms with Crippen LogP contribution in [0.5, 0.6) is 0 Å². The van der Waals surface area contributed by atoms with E-state index in [1.807, 2.05) is 38.1 Å². The molecule has 0 N–H and O–H groups in total. The molecule has 1 atom stereocenters. The molecule has 4 nitrogen and oxygen atoms in total. The highest BCUT2D eigenvalue weighted by molar-refractivity contribution is 5.75. The third kappa shape index (κ3) is 2.00. The van der Waals surface area contributed by atoms with E-state index in [0.717, 1.165) is 11.0 Å². The molecule has 2 aromatic rings. The lowest BCUT2D eigenvalue weighted by molar-refractivity contribution is 0.103. The lowest BCUT2D eigenvalue weighted by atomic mass is 10.3. The molecule has 4 heteroatoms. The van der Waals surface area contributed by atoms with Gasteiger partial charge in [0.25, 0.3) is 0 Å². The molecule has 0 fully saturated rings. The highest BCUT2D eigenvalue weighted by Crippen LogP contribution is 2.13. The van der Waals surface area contributed by atoms with Gasteiger partial charge in [0, 0.05) is 13.7 Å². The fraction of sp³-hybridized carbons (Fsp3) is 0.462. The van der Waals surface area contributed by atoms with Gasteiger partial charge in [-0.05, 0) is 26.0 Å². The molecule has 0 radical (unpaired) electrons. The number of fused-ring (bicyclic) bond motifs is 1. The quantitative estimate of drug-likeness (QED) is 0.809. The van der Waals surface area contributed by atoms with Crippen molar-refractivity contribution in [1.82, 2.24) is 9.13 Å². The Balaban J connectivity index is 2.62. The maximum absolute atomic E-state index is 12.2. The third-order valence-corrected chi connectivity index (χ3v) is 3.08. The van der Waals surface area contributed by atoms with Crippen molar-refractivity contribution in [1.29, 1.82) is 0 Å². The number of ether oxygens (including phenoxy) is 1. The van der Waals surface area contributed by atoms with Crippen molar-refractivity contribution in [3.8, 4) is 0 Å². The number of hydrogen-bond acceptors (Lipinski definition) is 2. The Kier molecular flexibility index (Phi) is 3.33. The van der Waals surface area contributed by atoms with Gasteiger partial charge >= 0.3 is 5.69 Å². The van der Waals surface area contributed by atoms with Crippen LogP contribution in [0.2, 0.25) is 0 Å². The molecule has 0 spiro atoms. The van der Waals surface area contributed by atoms with Gasteiger partial charge in [-0.15, -0.1) is 0 Å². The van der Waals surface area contributed by atoms with Gasteiger partial charge in [-0.25, -0.2) is 4.79 Å². The molecule has 1 aromatic heterocycles. The second kappa shape index (κ2) is 4.75. The van der Waals surface area contributed by atoms with Crippen LogP contribution in [0.25, 0.3) is 11.0 Å². The van der Waals surface area contributed by atoms with Crippen molar-refractivity contribution < 1.29 is 4.74 Å². The van der Waals surface area contributed by atoms with E-state index in [1.54, 1.807) is 16.2 Å². The molecule has 0 saturated heterocycles. The molecule has 0 aliphatic heterocycles. The van der Waals surface area contributed by atoms with Gasteiger partial charge in [-0.2, -0.15) is 0 Å². The fourth-order valence-electron chi connectivity index (χ4n) is 2.09. The molecule has 2 rings (SSSR count). The van der Waals surface area contributed by atoms with Crippen molar-refractivity contribution >= 4 is 11.0 Å². The molecule has 0 amide bonds. The Hall–Kier alpha value is -1.55. The van der Waals surface area contributed by atoms with E-state index in [-0.39, 0.29) is 11.8 Å². The van der Waals surface area contributed by atoms with E-state index < -0.39 is 0 Å². The normalized spacial score (nSPS) is 13.1. The van der Waals surface area contributed by atoms with Crippen LogP contribution in [0.15, 0.2) is 29.1 Å². The smallest absolute Gasteiger partial charge is 0.329 e. The average molecular weight is 234 g/mol. The summed E-state index contributed by atoms with van der Waals surface area (Å²) in [6.45, 7) is 5.22. The zero-order valence-electron chi connectivity index (χ0n) is 10.5. The minimum Gasteiger partial charge on any atom is -0.380 e. The van der Waals surface area contributed by atoms with Crippen molar-refractivity contribution in [3.05, 3.63) is 34.7 Å². The molecule has 1 heterocycles. The zero-order chi connectivity index (χ0) is 12.4. The van der Waals surface area contributed by atoms with Crippen LogP contribution in [0.1, 0.15) is 13.8 Å². The fourth-order valence-corrected chi connectivity index (χ4v) is 2.09. The van der Waals surface area contributed by atoms with Crippen LogP contribution < -0.4 is 5.69 Å². The highest BCUT2D eigenvalue weighted by Gasteiger charge is 2.13. The summed E-state index contributed by atoms with van der Waals surface area (Å²) in [7, 11) is 1.66. The van der Waals surface area contributed by atoms with E-state index in [9.17, 15) is 4.79 Å². The minimum atomic E-state index is 0.0313. The molecule has 0 saturated carbocycles. The summed E-state index contributed by atoms with van der Waals surface area (Å²) < 4.78 is 8.81. The molecule has 0 aliphatic carbocycles. The standard InChI is InChI=1S/C13H18N2O2/c1-4-14-11-7-5-6-8-12(11)15(13(14)16)9-10(2)17-3/h5-8,10H,4,9H2,1-3H3. The van der Waals surface area contributed by atoms with Crippen molar-refractivity contribution in [2.75, 3.05) is 7.11 Å². The second-order valence-electron chi connectivity index (χ2n) is 4.17. The molecule has 1 unspecified atom stereocenters. The first-order chi connectivity index (χ1) is 8.19. The maximum Gasteiger partial charge on any atom is 0.329 e. The Morgan fingerprint density at radius 1 is 1.24 bits per heavy atom. The Morgan fingerprint density at radius 3 is 2.35 bits per heavy atom. The SMILES string of the molecule is CCn1c(=O)n(CC(C)OC)c2ccccc21. The Morgan fingerprint density at radius 2 is 1.82 bits per heavy atom. The predicted molar refractivity (Wildman–Crippen MR) is 68.3 cm³/mol. The van der Waals surface area contributed by atoms with Gasteiger partial charge in [0.15, 0.2) is 0 Å². The Labute approximate surface area is 100 Å². The summed E-state index contributed by atoms with van der Waals surface area (Å²) in [5, 5.41) is 0. The van der Waals surface area contributed by atoms with Gasteiger partial charge in [-0.3, -0.25) is 9.13 Å². The summed E-state index contributed by atoms with van der Waals surface area (Å²) >= 11 is 0. The zero-order valence-corrected chi connectivity index (χ0v) is 10.5. The number of benzene rings is 1. The number of methoxy groups -OCH3 is 1. The summed E-state index contributed by atoms with van der Waals surface area (Å²) in [5.74, 6) is 0. The first-order valence-electron chi connectivity index (χ1n) is 5.90. The molecule has 17 heavy (non-hydrogen) atoms. The minimum absolute atomic E-state index is 0.0313. The summed E-state index contributed by atoms with van der Waals surface area (Å²) in [6, 6.07) is 7.87. The molecule has 1 aromatic carbocycles. The van der Waals surface area contributed by atoms with E-state index in [4.69, 9.17) is 4.74 Å². The topological polar surface area (TPSA) is 36.2 Å². The van der Waals surface area contributed by atoms with Gasteiger partial charge in [0.1, 0.15) is 0 Å². The van der Waals surface area contributed by atoms with Crippen molar-refractivity contribution in [3.63, 3.8) is 0 Å². The van der Waals surface area contributed by atoms with Crippen LogP contribution in [0.3, 0.4) is 0 Å². The predicted octanol–water partition coefficient (Wildman–Crippen LogP) is 1.86. The number of aromatic nitrogens is 2. The molecular formula is C13H18N2O2. The third-order valence-electron chi connectivity index (χ3n) is 3.08. The first kappa shape index (κ1) is 11.9. The van der Waals surface area contributed by atoms with Crippen LogP contribution in [0, 0.1) is 0 Å². The van der Waals surface area contributed by atoms with E-state index in [1.165, 1.54) is 0 Å². The van der Waals surface area contributed by atoms with Crippen LogP contribution in [0.4, 0.5) is 0 Å². The number of para-hydroxylation sites is 2. The maximum atomic E-state index is 12.2. The van der Waals surface area contributed by atoms with Crippen LogP contribution in [-0.2, 0) is 17.8 Å². The van der Waals surface area contributed by atoms with E-state index in [2.05, 4.69) is 0 Å². The van der Waals surface area contributed by atoms with Crippen LogP contribution >= 0.6 is 0 Å². The van der Waals surface area contributed by atoms with Crippen molar-refractivity contribution in [2.45, 2.75) is 33.0 Å². The average Bonchev–Trinajstić information content (AvgIpc) is 2.62. The summed E-state index contributed by atoms with van der Waals surface area (Å²) in [4.78, 5) is 12.2. The Bertz CT molecular complexity index is 568. The lowest BCUT2D eigenvalue weighted by Gasteiger charge is -2.09. The number of nitrogens with zero attached hydrogens (tertiary/aromatic N) is 2. The molecule has 0 aliphatic rings. The van der Waals surface area contributed by atoms with E-state index in [0.29, 0.717) is 13.1 Å². The van der Waals surface area contributed by atoms with Crippen molar-refractivity contribution in [2.24, 2.45) is 0 Å². The summed E-state index contributed by atoms with van der Waals surface area (Å²) in [5.41, 5.74) is 2.00. The molecule has 92 valence electrons. The van der Waals surface area contributed by atoms with Gasteiger partial charge in [-0.1, -0.05) is 12.1 Å². The second-order valence-corrected chi connectivity index (χ2v) is 4.17. The summed E-state index contributed by atoms with van der Waals surface area (Å²) in [6.07, 6.45) is 0.0313. The van der Waals surface area contributed by atoms with E-state index >= 15 is 0 Å². The van der Waals surface area contributed by atoms with Gasteiger partial charge in [0.05, 0.1) is 23.7 Å². The number of aryl methyl sites for hydroxylation is 1. The first-order valence-corrected chi connectivity index (χ1v) is 5.90. The molecule has 0 bridgehead atoms. The highest BCUT2D eigenvalue weighted by atomic mass is 16.5. The number of imidazole rings is 1. The largest absolute Gasteiger partial charge is 0.380 e. The molecular weight excluding hydrogens is 216 g/mol. The lowest BCUT2D eigenvalue weighted by Crippen LogP contribution is -2.28. The van der Waals surface area contributed by atoms with Gasteiger partial charge < -0.3 is 4.74 Å². The van der Waals surface area contributed by atoms with Crippen LogP contribution in [-0.4, -0.2) is 22.3 Å². The number of hydrogen-bond donors (Lipinski definition) is 0.